The van der Waals surface area contributed by atoms with Gasteiger partial charge < -0.3 is 20.5 Å². The number of fused-ring (bicyclic) bond motifs is 1. The molecule has 1 heterocycles. The van der Waals surface area contributed by atoms with Crippen LogP contribution in [0.4, 0.5) is 11.4 Å². The number of ether oxygens (including phenoxy) is 1. The van der Waals surface area contributed by atoms with Crippen molar-refractivity contribution in [2.45, 2.75) is 16.6 Å². The van der Waals surface area contributed by atoms with Crippen LogP contribution in [0, 0.1) is 0 Å². The molecule has 0 unspecified atom stereocenters. The molecular formula is C18H16N2O5S. The third-order valence-electron chi connectivity index (χ3n) is 3.77. The van der Waals surface area contributed by atoms with Gasteiger partial charge in [-0.05, 0) is 36.4 Å². The summed E-state index contributed by atoms with van der Waals surface area (Å²) in [7, 11) is 1.56. The maximum Gasteiger partial charge on any atom is 0.335 e. The lowest BCUT2D eigenvalue weighted by Gasteiger charge is -2.24. The number of methoxy groups -OCH3 is 1. The van der Waals surface area contributed by atoms with Gasteiger partial charge in [0.25, 0.3) is 0 Å². The normalized spacial score (nSPS) is 15.6. The van der Waals surface area contributed by atoms with Crippen molar-refractivity contribution in [3.8, 4) is 5.75 Å². The summed E-state index contributed by atoms with van der Waals surface area (Å²) in [5.41, 5.74) is 1.14. The molecule has 134 valence electrons. The fraction of sp³-hybridized carbons (Fsp3) is 0.167. The predicted octanol–water partition coefficient (Wildman–Crippen LogP) is 2.83. The average Bonchev–Trinajstić information content (AvgIpc) is 2.62. The van der Waals surface area contributed by atoms with Crippen LogP contribution in [-0.2, 0) is 9.59 Å². The summed E-state index contributed by atoms with van der Waals surface area (Å²) in [5, 5.41) is 13.8. The zero-order valence-corrected chi connectivity index (χ0v) is 14.6. The fourth-order valence-electron chi connectivity index (χ4n) is 2.50. The molecule has 0 saturated carbocycles. The number of nitrogens with one attached hydrogen (secondary N) is 2. The highest BCUT2D eigenvalue weighted by Crippen LogP contribution is 2.39. The Morgan fingerprint density at radius 1 is 1.27 bits per heavy atom. The fourth-order valence-corrected chi connectivity index (χ4v) is 3.63. The molecule has 7 nitrogen and oxygen atoms in total. The highest BCUT2D eigenvalue weighted by atomic mass is 32.2. The van der Waals surface area contributed by atoms with Crippen LogP contribution in [0.1, 0.15) is 16.8 Å². The third kappa shape index (κ3) is 3.97. The SMILES string of the molecule is COc1ccc2c(c1)S[C@@H](CC(=O)Nc1cccc(C(=O)O)c1)C(=O)N2. The standard InChI is InChI=1S/C18H16N2O5S/c1-25-12-5-6-13-14(8-12)26-15(17(22)20-13)9-16(21)19-11-4-2-3-10(7-11)18(23)24/h2-8,15H,9H2,1H3,(H,19,21)(H,20,22)(H,23,24)/t15-/m0/s1. The van der Waals surface area contributed by atoms with E-state index in [1.54, 1.807) is 37.4 Å². The first kappa shape index (κ1) is 17.8. The second kappa shape index (κ2) is 7.49. The lowest BCUT2D eigenvalue weighted by atomic mass is 10.2. The van der Waals surface area contributed by atoms with Gasteiger partial charge in [-0.25, -0.2) is 4.79 Å². The molecule has 26 heavy (non-hydrogen) atoms. The molecule has 8 heteroatoms. The molecule has 1 aliphatic heterocycles. The van der Waals surface area contributed by atoms with E-state index in [0.717, 1.165) is 4.90 Å². The molecule has 0 saturated heterocycles. The summed E-state index contributed by atoms with van der Waals surface area (Å²) >= 11 is 1.29. The maximum absolute atomic E-state index is 12.3. The minimum Gasteiger partial charge on any atom is -0.497 e. The summed E-state index contributed by atoms with van der Waals surface area (Å²) in [6, 6.07) is 11.3. The average molecular weight is 372 g/mol. The highest BCUT2D eigenvalue weighted by molar-refractivity contribution is 8.01. The van der Waals surface area contributed by atoms with Crippen molar-refractivity contribution >= 4 is 40.9 Å². The van der Waals surface area contributed by atoms with E-state index in [9.17, 15) is 14.4 Å². The lowest BCUT2D eigenvalue weighted by Crippen LogP contribution is -2.32. The molecule has 3 N–H and O–H groups in total. The Kier molecular flexibility index (Phi) is 5.13. The van der Waals surface area contributed by atoms with E-state index in [4.69, 9.17) is 9.84 Å². The Morgan fingerprint density at radius 3 is 2.81 bits per heavy atom. The number of carboxylic acids is 1. The predicted molar refractivity (Wildman–Crippen MR) is 97.9 cm³/mol. The van der Waals surface area contributed by atoms with Crippen molar-refractivity contribution in [2.75, 3.05) is 17.7 Å². The van der Waals surface area contributed by atoms with Gasteiger partial charge in [0.2, 0.25) is 11.8 Å². The summed E-state index contributed by atoms with van der Waals surface area (Å²) in [6.07, 6.45) is -0.0373. The summed E-state index contributed by atoms with van der Waals surface area (Å²) in [4.78, 5) is 36.3. The highest BCUT2D eigenvalue weighted by Gasteiger charge is 2.29. The minimum absolute atomic E-state index is 0.0373. The van der Waals surface area contributed by atoms with Gasteiger partial charge in [0.05, 0.1) is 23.6 Å². The van der Waals surface area contributed by atoms with Crippen LogP contribution in [0.15, 0.2) is 47.4 Å². The van der Waals surface area contributed by atoms with E-state index >= 15 is 0 Å². The van der Waals surface area contributed by atoms with Gasteiger partial charge in [0.1, 0.15) is 5.75 Å². The van der Waals surface area contributed by atoms with Gasteiger partial charge in [-0.3, -0.25) is 9.59 Å². The molecule has 1 aliphatic rings. The number of aromatic carboxylic acids is 1. The quantitative estimate of drug-likeness (QED) is 0.745. The van der Waals surface area contributed by atoms with Gasteiger partial charge in [-0.15, -0.1) is 11.8 Å². The Balaban J connectivity index is 1.68. The summed E-state index contributed by atoms with van der Waals surface area (Å²) in [6.45, 7) is 0. The molecule has 2 aromatic carbocycles. The monoisotopic (exact) mass is 372 g/mol. The topological polar surface area (TPSA) is 105 Å². The molecule has 0 aliphatic carbocycles. The van der Waals surface area contributed by atoms with Crippen molar-refractivity contribution in [2.24, 2.45) is 0 Å². The van der Waals surface area contributed by atoms with Crippen molar-refractivity contribution in [1.29, 1.82) is 0 Å². The Labute approximate surface area is 153 Å². The first-order valence-electron chi connectivity index (χ1n) is 7.75. The van der Waals surface area contributed by atoms with E-state index in [1.807, 2.05) is 0 Å². The molecule has 3 rings (SSSR count). The van der Waals surface area contributed by atoms with Crippen LogP contribution in [0.5, 0.6) is 5.75 Å². The second-order valence-electron chi connectivity index (χ2n) is 5.60. The number of rotatable bonds is 5. The van der Waals surface area contributed by atoms with Crippen molar-refractivity contribution in [3.05, 3.63) is 48.0 Å². The number of amides is 2. The Bertz CT molecular complexity index is 884. The van der Waals surface area contributed by atoms with E-state index in [0.29, 0.717) is 17.1 Å². The van der Waals surface area contributed by atoms with Crippen LogP contribution in [0.25, 0.3) is 0 Å². The number of benzene rings is 2. The number of carbonyl (C=O) groups is 3. The minimum atomic E-state index is -1.08. The summed E-state index contributed by atoms with van der Waals surface area (Å²) < 4.78 is 5.18. The number of hydrogen-bond acceptors (Lipinski definition) is 5. The van der Waals surface area contributed by atoms with Gasteiger partial charge in [-0.1, -0.05) is 6.07 Å². The molecule has 0 aromatic heterocycles. The van der Waals surface area contributed by atoms with Gasteiger partial charge in [0, 0.05) is 17.0 Å². The number of carbonyl (C=O) groups excluding carboxylic acids is 2. The summed E-state index contributed by atoms with van der Waals surface area (Å²) in [5.74, 6) is -1.02. The van der Waals surface area contributed by atoms with Gasteiger partial charge in [-0.2, -0.15) is 0 Å². The Hall–Kier alpha value is -3.00. The van der Waals surface area contributed by atoms with Gasteiger partial charge in [0.15, 0.2) is 0 Å². The molecule has 0 bridgehead atoms. The van der Waals surface area contributed by atoms with Gasteiger partial charge >= 0.3 is 5.97 Å². The molecule has 0 fully saturated rings. The molecule has 2 aromatic rings. The lowest BCUT2D eigenvalue weighted by molar-refractivity contribution is -0.120. The molecule has 2 amide bonds. The largest absolute Gasteiger partial charge is 0.497 e. The van der Waals surface area contributed by atoms with Crippen LogP contribution in [0.2, 0.25) is 0 Å². The molecule has 0 spiro atoms. The van der Waals surface area contributed by atoms with E-state index in [2.05, 4.69) is 10.6 Å². The van der Waals surface area contributed by atoms with Crippen LogP contribution < -0.4 is 15.4 Å². The smallest absolute Gasteiger partial charge is 0.335 e. The second-order valence-corrected chi connectivity index (χ2v) is 6.84. The van der Waals surface area contributed by atoms with Crippen molar-refractivity contribution in [1.82, 2.24) is 0 Å². The van der Waals surface area contributed by atoms with Crippen molar-refractivity contribution in [3.63, 3.8) is 0 Å². The number of thioether (sulfide) groups is 1. The molecule has 1 atom stereocenters. The first-order chi connectivity index (χ1) is 12.5. The number of hydrogen-bond donors (Lipinski definition) is 3. The van der Waals surface area contributed by atoms with E-state index < -0.39 is 11.2 Å². The van der Waals surface area contributed by atoms with Crippen LogP contribution in [-0.4, -0.2) is 35.2 Å². The van der Waals surface area contributed by atoms with Crippen molar-refractivity contribution < 1.29 is 24.2 Å². The van der Waals surface area contributed by atoms with E-state index in [-0.39, 0.29) is 23.8 Å². The van der Waals surface area contributed by atoms with E-state index in [1.165, 1.54) is 23.9 Å². The van der Waals surface area contributed by atoms with Crippen LogP contribution in [0.3, 0.4) is 0 Å². The third-order valence-corrected chi connectivity index (χ3v) is 5.03. The number of carboxylic acid groups (broad SMARTS) is 1. The Morgan fingerprint density at radius 2 is 2.08 bits per heavy atom. The first-order valence-corrected chi connectivity index (χ1v) is 8.63. The zero-order chi connectivity index (χ0) is 18.7. The molecular weight excluding hydrogens is 356 g/mol. The maximum atomic E-state index is 12.3. The molecule has 0 radical (unpaired) electrons. The van der Waals surface area contributed by atoms with Crippen LogP contribution >= 0.6 is 11.8 Å². The number of anilines is 2. The zero-order valence-electron chi connectivity index (χ0n) is 13.8.